The molecule has 3 amide bonds. The number of carbonyl (C=O) groups excluding carboxylic acids is 3. The van der Waals surface area contributed by atoms with Crippen molar-refractivity contribution in [2.24, 2.45) is 0 Å². The van der Waals surface area contributed by atoms with Gasteiger partial charge in [-0.1, -0.05) is 12.1 Å². The van der Waals surface area contributed by atoms with Crippen molar-refractivity contribution >= 4 is 17.9 Å². The third-order valence-electron chi connectivity index (χ3n) is 2.60. The Morgan fingerprint density at radius 2 is 2.00 bits per heavy atom. The Kier molecular flexibility index (Phi) is 6.88. The van der Waals surface area contributed by atoms with Gasteiger partial charge >= 0.3 is 12.0 Å². The molecule has 0 aromatic heterocycles. The molecule has 1 rings (SSSR count). The Bertz CT molecular complexity index is 544. The van der Waals surface area contributed by atoms with E-state index in [1.165, 1.54) is 6.92 Å². The van der Waals surface area contributed by atoms with E-state index in [2.05, 4.69) is 10.6 Å². The Hall–Kier alpha value is -2.57. The summed E-state index contributed by atoms with van der Waals surface area (Å²) in [5, 5.41) is 4.46. The van der Waals surface area contributed by atoms with Crippen LogP contribution in [0.4, 0.5) is 4.79 Å². The van der Waals surface area contributed by atoms with Crippen LogP contribution in [0.5, 0.6) is 5.75 Å². The van der Waals surface area contributed by atoms with Crippen molar-refractivity contribution in [2.45, 2.75) is 26.9 Å². The number of carbonyl (C=O) groups is 3. The highest BCUT2D eigenvalue weighted by molar-refractivity contribution is 5.97. The van der Waals surface area contributed by atoms with Crippen molar-refractivity contribution in [2.75, 3.05) is 13.2 Å². The van der Waals surface area contributed by atoms with Crippen LogP contribution >= 0.6 is 0 Å². The fourth-order valence-electron chi connectivity index (χ4n) is 1.55. The third-order valence-corrected chi connectivity index (χ3v) is 2.60. The molecule has 0 saturated carbocycles. The van der Waals surface area contributed by atoms with Crippen LogP contribution in [0, 0.1) is 6.92 Å². The van der Waals surface area contributed by atoms with Gasteiger partial charge in [-0.2, -0.15) is 0 Å². The fourth-order valence-corrected chi connectivity index (χ4v) is 1.55. The molecule has 1 atom stereocenters. The van der Waals surface area contributed by atoms with E-state index >= 15 is 0 Å². The lowest BCUT2D eigenvalue weighted by Crippen LogP contribution is -2.44. The third kappa shape index (κ3) is 6.25. The first-order valence-corrected chi connectivity index (χ1v) is 6.90. The molecule has 0 radical (unpaired) electrons. The summed E-state index contributed by atoms with van der Waals surface area (Å²) in [5.74, 6) is -0.855. The number of urea groups is 1. The van der Waals surface area contributed by atoms with Crippen molar-refractivity contribution in [3.8, 4) is 5.75 Å². The Balaban J connectivity index is 2.37. The number of hydrogen-bond donors (Lipinski definition) is 2. The van der Waals surface area contributed by atoms with E-state index in [-0.39, 0.29) is 6.61 Å². The van der Waals surface area contributed by atoms with Crippen LogP contribution in [0.2, 0.25) is 0 Å². The summed E-state index contributed by atoms with van der Waals surface area (Å²) in [4.78, 5) is 34.4. The molecule has 0 aliphatic rings. The van der Waals surface area contributed by atoms with E-state index in [1.54, 1.807) is 25.1 Å². The van der Waals surface area contributed by atoms with Crippen LogP contribution in [0.1, 0.15) is 19.4 Å². The summed E-state index contributed by atoms with van der Waals surface area (Å²) < 4.78 is 10.2. The predicted molar refractivity (Wildman–Crippen MR) is 79.4 cm³/mol. The highest BCUT2D eigenvalue weighted by Crippen LogP contribution is 2.12. The number of aryl methyl sites for hydroxylation is 1. The molecule has 2 N–H and O–H groups in total. The normalized spacial score (nSPS) is 11.2. The van der Waals surface area contributed by atoms with E-state index in [9.17, 15) is 14.4 Å². The standard InChI is InChI=1S/C15H20N2O5/c1-4-16-15(20)17-14(19)11(3)22-13(18)9-21-12-7-5-6-10(2)8-12/h5-8,11H,4,9H2,1-3H3,(H2,16,17,19,20)/t11-/m1/s1. The number of esters is 1. The van der Waals surface area contributed by atoms with E-state index < -0.39 is 24.0 Å². The molecule has 7 nitrogen and oxygen atoms in total. The summed E-state index contributed by atoms with van der Waals surface area (Å²) >= 11 is 0. The van der Waals surface area contributed by atoms with E-state index in [4.69, 9.17) is 9.47 Å². The van der Waals surface area contributed by atoms with E-state index in [1.807, 2.05) is 13.0 Å². The van der Waals surface area contributed by atoms with Gasteiger partial charge in [-0.25, -0.2) is 9.59 Å². The maximum absolute atomic E-state index is 11.6. The molecule has 1 aromatic carbocycles. The van der Waals surface area contributed by atoms with Crippen molar-refractivity contribution in [1.29, 1.82) is 0 Å². The van der Waals surface area contributed by atoms with Crippen LogP contribution in [0.3, 0.4) is 0 Å². The number of nitrogens with one attached hydrogen (secondary N) is 2. The number of hydrogen-bond acceptors (Lipinski definition) is 5. The summed E-state index contributed by atoms with van der Waals surface area (Å²) in [6.07, 6.45) is -1.09. The summed E-state index contributed by atoms with van der Waals surface area (Å²) in [5.41, 5.74) is 1.00. The lowest BCUT2D eigenvalue weighted by atomic mass is 10.2. The molecule has 0 saturated heterocycles. The minimum absolute atomic E-state index is 0.317. The molecule has 0 heterocycles. The van der Waals surface area contributed by atoms with Crippen LogP contribution in [0.25, 0.3) is 0 Å². The number of amides is 3. The van der Waals surface area contributed by atoms with Gasteiger partial charge in [0.25, 0.3) is 5.91 Å². The van der Waals surface area contributed by atoms with E-state index in [0.717, 1.165) is 5.56 Å². The zero-order valence-electron chi connectivity index (χ0n) is 12.8. The highest BCUT2D eigenvalue weighted by Gasteiger charge is 2.19. The van der Waals surface area contributed by atoms with Gasteiger partial charge in [-0.15, -0.1) is 0 Å². The van der Waals surface area contributed by atoms with Gasteiger partial charge in [0.2, 0.25) is 0 Å². The molecule has 0 unspecified atom stereocenters. The fraction of sp³-hybridized carbons (Fsp3) is 0.400. The van der Waals surface area contributed by atoms with Gasteiger partial charge in [0.05, 0.1) is 0 Å². The zero-order chi connectivity index (χ0) is 16.5. The van der Waals surface area contributed by atoms with Crippen molar-refractivity contribution in [3.63, 3.8) is 0 Å². The summed E-state index contributed by atoms with van der Waals surface area (Å²) in [7, 11) is 0. The molecule has 0 spiro atoms. The van der Waals surface area contributed by atoms with Crippen LogP contribution < -0.4 is 15.4 Å². The molecule has 1 aromatic rings. The molecule has 0 fully saturated rings. The first-order chi connectivity index (χ1) is 10.4. The van der Waals surface area contributed by atoms with E-state index in [0.29, 0.717) is 12.3 Å². The molecule has 0 aliphatic carbocycles. The molecule has 7 heteroatoms. The average Bonchev–Trinajstić information content (AvgIpc) is 2.45. The van der Waals surface area contributed by atoms with Crippen LogP contribution in [0.15, 0.2) is 24.3 Å². The van der Waals surface area contributed by atoms with Crippen molar-refractivity contribution < 1.29 is 23.9 Å². The molecular weight excluding hydrogens is 288 g/mol. The molecule has 22 heavy (non-hydrogen) atoms. The number of rotatable bonds is 6. The lowest BCUT2D eigenvalue weighted by Gasteiger charge is -2.13. The van der Waals surface area contributed by atoms with Gasteiger partial charge < -0.3 is 14.8 Å². The lowest BCUT2D eigenvalue weighted by molar-refractivity contribution is -0.156. The predicted octanol–water partition coefficient (Wildman–Crippen LogP) is 1.15. The van der Waals surface area contributed by atoms with Crippen LogP contribution in [-0.4, -0.2) is 37.2 Å². The number of ether oxygens (including phenoxy) is 2. The first-order valence-electron chi connectivity index (χ1n) is 6.90. The van der Waals surface area contributed by atoms with Crippen LogP contribution in [-0.2, 0) is 14.3 Å². The first kappa shape index (κ1) is 17.5. The number of benzene rings is 1. The topological polar surface area (TPSA) is 93.7 Å². The molecular formula is C15H20N2O5. The Morgan fingerprint density at radius 3 is 2.64 bits per heavy atom. The monoisotopic (exact) mass is 308 g/mol. The average molecular weight is 308 g/mol. The maximum Gasteiger partial charge on any atom is 0.344 e. The van der Waals surface area contributed by atoms with Crippen molar-refractivity contribution in [1.82, 2.24) is 10.6 Å². The minimum atomic E-state index is -1.09. The highest BCUT2D eigenvalue weighted by atomic mass is 16.6. The second-order valence-electron chi connectivity index (χ2n) is 4.59. The molecule has 0 bridgehead atoms. The number of imide groups is 1. The SMILES string of the molecule is CCNC(=O)NC(=O)[C@@H](C)OC(=O)COc1cccc(C)c1. The molecule has 0 aliphatic heterocycles. The Morgan fingerprint density at radius 1 is 1.27 bits per heavy atom. The zero-order valence-corrected chi connectivity index (χ0v) is 12.8. The van der Waals surface area contributed by atoms with Gasteiger partial charge in [-0.3, -0.25) is 10.1 Å². The van der Waals surface area contributed by atoms with Gasteiger partial charge in [0.15, 0.2) is 12.7 Å². The molecule has 120 valence electrons. The quantitative estimate of drug-likeness (QED) is 0.769. The second kappa shape index (κ2) is 8.66. The van der Waals surface area contributed by atoms with Gasteiger partial charge in [0.1, 0.15) is 5.75 Å². The smallest absolute Gasteiger partial charge is 0.344 e. The minimum Gasteiger partial charge on any atom is -0.482 e. The van der Waals surface area contributed by atoms with Crippen molar-refractivity contribution in [3.05, 3.63) is 29.8 Å². The summed E-state index contributed by atoms with van der Waals surface area (Å²) in [6, 6.07) is 6.56. The maximum atomic E-state index is 11.6. The van der Waals surface area contributed by atoms with Gasteiger partial charge in [-0.05, 0) is 38.5 Å². The Labute approximate surface area is 129 Å². The second-order valence-corrected chi connectivity index (χ2v) is 4.59. The largest absolute Gasteiger partial charge is 0.482 e. The summed E-state index contributed by atoms with van der Waals surface area (Å²) in [6.45, 7) is 5.06. The van der Waals surface area contributed by atoms with Gasteiger partial charge in [0, 0.05) is 6.54 Å².